The molecule has 0 heterocycles. The fourth-order valence-electron chi connectivity index (χ4n) is 0.704. The molecule has 11 heavy (non-hydrogen) atoms. The minimum absolute atomic E-state index is 1.01. The van der Waals surface area contributed by atoms with Crippen molar-refractivity contribution in [2.45, 2.75) is 27.2 Å². The first kappa shape index (κ1) is 10.0. The summed E-state index contributed by atoms with van der Waals surface area (Å²) in [5, 5.41) is 0. The van der Waals surface area contributed by atoms with Gasteiger partial charge in [0.05, 0.1) is 0 Å². The van der Waals surface area contributed by atoms with Crippen molar-refractivity contribution in [3.8, 4) is 0 Å². The molecule has 0 heteroatoms. The Morgan fingerprint density at radius 1 is 1.27 bits per heavy atom. The molecule has 0 N–H and O–H groups in total. The van der Waals surface area contributed by atoms with Crippen molar-refractivity contribution in [2.75, 3.05) is 0 Å². The minimum Gasteiger partial charge on any atom is -0.125 e. The molecular formula is C11H16. The van der Waals surface area contributed by atoms with Crippen LogP contribution in [0.25, 0.3) is 0 Å². The largest absolute Gasteiger partial charge is 0.125 e. The Morgan fingerprint density at radius 2 is 2.00 bits per heavy atom. The topological polar surface area (TPSA) is 0 Å². The highest BCUT2D eigenvalue weighted by Crippen LogP contribution is 2.02. The van der Waals surface area contributed by atoms with Gasteiger partial charge in [0.1, 0.15) is 0 Å². The van der Waals surface area contributed by atoms with Crippen LogP contribution >= 0.6 is 0 Å². The van der Waals surface area contributed by atoms with Crippen molar-refractivity contribution in [1.29, 1.82) is 0 Å². The van der Waals surface area contributed by atoms with E-state index in [1.165, 1.54) is 5.57 Å². The predicted molar refractivity (Wildman–Crippen MR) is 51.5 cm³/mol. The highest BCUT2D eigenvalue weighted by molar-refractivity contribution is 5.20. The lowest BCUT2D eigenvalue weighted by molar-refractivity contribution is 1.26. The van der Waals surface area contributed by atoms with E-state index in [4.69, 9.17) is 0 Å². The van der Waals surface area contributed by atoms with Crippen LogP contribution in [0.4, 0.5) is 0 Å². The first-order valence-electron chi connectivity index (χ1n) is 3.98. The molecule has 0 bridgehead atoms. The third-order valence-corrected chi connectivity index (χ3v) is 1.40. The lowest BCUT2D eigenvalue weighted by Gasteiger charge is -1.91. The molecule has 0 aliphatic carbocycles. The van der Waals surface area contributed by atoms with Crippen molar-refractivity contribution >= 4 is 0 Å². The Hall–Kier alpha value is -1.00. The van der Waals surface area contributed by atoms with Gasteiger partial charge in [0.2, 0.25) is 0 Å². The SMILES string of the molecule is CC=C=CC(=CC)CC=CC. The van der Waals surface area contributed by atoms with Crippen LogP contribution in [0.1, 0.15) is 27.2 Å². The van der Waals surface area contributed by atoms with E-state index in [0.717, 1.165) is 6.42 Å². The van der Waals surface area contributed by atoms with Crippen LogP contribution in [-0.4, -0.2) is 0 Å². The zero-order valence-electron chi connectivity index (χ0n) is 7.59. The molecule has 0 amide bonds. The molecule has 0 unspecified atom stereocenters. The van der Waals surface area contributed by atoms with Gasteiger partial charge < -0.3 is 0 Å². The molecule has 0 saturated carbocycles. The molecule has 0 aromatic carbocycles. The molecule has 0 aromatic rings. The number of allylic oxidation sites excluding steroid dienone is 5. The highest BCUT2D eigenvalue weighted by Gasteiger charge is 1.83. The number of hydrogen-bond donors (Lipinski definition) is 0. The summed E-state index contributed by atoms with van der Waals surface area (Å²) in [6, 6.07) is 0. The molecule has 0 rings (SSSR count). The van der Waals surface area contributed by atoms with Gasteiger partial charge in [0.15, 0.2) is 0 Å². The van der Waals surface area contributed by atoms with Gasteiger partial charge in [0.25, 0.3) is 0 Å². The van der Waals surface area contributed by atoms with E-state index in [1.807, 2.05) is 32.9 Å². The maximum Gasteiger partial charge on any atom is -0.00947 e. The summed E-state index contributed by atoms with van der Waals surface area (Å²) in [6.45, 7) is 6.05. The van der Waals surface area contributed by atoms with E-state index in [0.29, 0.717) is 0 Å². The smallest absolute Gasteiger partial charge is 0.00947 e. The average Bonchev–Trinajstić information content (AvgIpc) is 2.05. The normalized spacial score (nSPS) is 11.4. The second-order valence-electron chi connectivity index (χ2n) is 2.24. The van der Waals surface area contributed by atoms with Gasteiger partial charge in [0, 0.05) is 0 Å². The summed E-state index contributed by atoms with van der Waals surface area (Å²) in [4.78, 5) is 0. The van der Waals surface area contributed by atoms with Crippen LogP contribution in [-0.2, 0) is 0 Å². The first-order valence-corrected chi connectivity index (χ1v) is 3.98. The van der Waals surface area contributed by atoms with Crippen LogP contribution in [0.5, 0.6) is 0 Å². The third-order valence-electron chi connectivity index (χ3n) is 1.40. The number of hydrogen-bond acceptors (Lipinski definition) is 0. The molecule has 0 radical (unpaired) electrons. The molecule has 0 aliphatic rings. The molecular weight excluding hydrogens is 132 g/mol. The molecule has 0 spiro atoms. The standard InChI is InChI=1S/C11H16/c1-4-7-9-11(6-3)10-8-5-2/h4-7,10H,9H2,1-3H3. The molecule has 0 atom stereocenters. The van der Waals surface area contributed by atoms with E-state index in [9.17, 15) is 0 Å². The van der Waals surface area contributed by atoms with Gasteiger partial charge in [-0.3, -0.25) is 0 Å². The van der Waals surface area contributed by atoms with Crippen LogP contribution in [0, 0.1) is 0 Å². The minimum atomic E-state index is 1.01. The van der Waals surface area contributed by atoms with E-state index in [1.54, 1.807) is 0 Å². The summed E-state index contributed by atoms with van der Waals surface area (Å²) >= 11 is 0. The third kappa shape index (κ3) is 5.44. The van der Waals surface area contributed by atoms with Crippen molar-refractivity contribution in [3.63, 3.8) is 0 Å². The Balaban J connectivity index is 4.09. The Bertz CT molecular complexity index is 198. The Labute approximate surface area is 69.6 Å². The first-order chi connectivity index (χ1) is 5.35. The lowest BCUT2D eigenvalue weighted by Crippen LogP contribution is -1.71. The van der Waals surface area contributed by atoms with Crippen LogP contribution in [0.15, 0.2) is 41.7 Å². The van der Waals surface area contributed by atoms with Crippen molar-refractivity contribution in [3.05, 3.63) is 41.7 Å². The van der Waals surface area contributed by atoms with Gasteiger partial charge in [-0.1, -0.05) is 18.2 Å². The van der Waals surface area contributed by atoms with E-state index >= 15 is 0 Å². The van der Waals surface area contributed by atoms with E-state index in [-0.39, 0.29) is 0 Å². The lowest BCUT2D eigenvalue weighted by atomic mass is 10.1. The van der Waals surface area contributed by atoms with Gasteiger partial charge in [-0.25, -0.2) is 0 Å². The fourth-order valence-corrected chi connectivity index (χ4v) is 0.704. The predicted octanol–water partition coefficient (Wildman–Crippen LogP) is 3.63. The van der Waals surface area contributed by atoms with Crippen molar-refractivity contribution in [2.24, 2.45) is 0 Å². The summed E-state index contributed by atoms with van der Waals surface area (Å²) in [7, 11) is 0. The molecule has 0 nitrogen and oxygen atoms in total. The van der Waals surface area contributed by atoms with Crippen LogP contribution in [0.3, 0.4) is 0 Å². The monoisotopic (exact) mass is 148 g/mol. The summed E-state index contributed by atoms with van der Waals surface area (Å²) in [5.41, 5.74) is 4.36. The van der Waals surface area contributed by atoms with Crippen LogP contribution in [0.2, 0.25) is 0 Å². The van der Waals surface area contributed by atoms with E-state index < -0.39 is 0 Å². The molecule has 60 valence electrons. The zero-order chi connectivity index (χ0) is 8.53. The molecule has 0 fully saturated rings. The second-order valence-corrected chi connectivity index (χ2v) is 2.24. The van der Waals surface area contributed by atoms with Gasteiger partial charge in [-0.2, -0.15) is 0 Å². The van der Waals surface area contributed by atoms with Crippen LogP contribution < -0.4 is 0 Å². The van der Waals surface area contributed by atoms with E-state index in [2.05, 4.69) is 24.0 Å². The average molecular weight is 148 g/mol. The van der Waals surface area contributed by atoms with Gasteiger partial charge >= 0.3 is 0 Å². The Kier molecular flexibility index (Phi) is 6.46. The maximum atomic E-state index is 3.06. The molecule has 0 aliphatic heterocycles. The molecule has 0 aromatic heterocycles. The zero-order valence-corrected chi connectivity index (χ0v) is 7.59. The summed E-state index contributed by atoms with van der Waals surface area (Å²) in [5.74, 6) is 0. The summed E-state index contributed by atoms with van der Waals surface area (Å²) < 4.78 is 0. The quantitative estimate of drug-likeness (QED) is 0.326. The second kappa shape index (κ2) is 7.11. The van der Waals surface area contributed by atoms with Gasteiger partial charge in [-0.15, -0.1) is 5.73 Å². The highest BCUT2D eigenvalue weighted by atomic mass is 13.9. The Morgan fingerprint density at radius 3 is 2.45 bits per heavy atom. The number of rotatable bonds is 3. The van der Waals surface area contributed by atoms with Gasteiger partial charge in [-0.05, 0) is 44.9 Å². The maximum absolute atomic E-state index is 3.06. The molecule has 0 saturated heterocycles. The van der Waals surface area contributed by atoms with Crippen molar-refractivity contribution in [1.82, 2.24) is 0 Å². The fraction of sp³-hybridized carbons (Fsp3) is 0.364. The van der Waals surface area contributed by atoms with Crippen molar-refractivity contribution < 1.29 is 0 Å². The summed E-state index contributed by atoms with van der Waals surface area (Å²) in [6.07, 6.45) is 11.2.